The number of hydrogen-bond donors (Lipinski definition) is 2. The fraction of sp³-hybridized carbons (Fsp3) is 0.500. The summed E-state index contributed by atoms with van der Waals surface area (Å²) in [5, 5.41) is 15.6. The number of carboxylic acids is 2. The Morgan fingerprint density at radius 1 is 0.417 bits per heavy atom. The molecule has 12 heteroatoms. The van der Waals surface area contributed by atoms with Gasteiger partial charge in [-0.2, -0.15) is 0 Å². The summed E-state index contributed by atoms with van der Waals surface area (Å²) in [4.78, 5) is 62.8. The molecule has 0 aromatic carbocycles. The first-order valence-electron chi connectivity index (χ1n) is 10.8. The molecule has 0 fully saturated rings. The number of carboxylic acid groups (broad SMARTS) is 2. The minimum absolute atomic E-state index is 0.187. The highest BCUT2D eigenvalue weighted by Gasteiger charge is 2.05. The molecule has 0 atom stereocenters. The van der Waals surface area contributed by atoms with Crippen molar-refractivity contribution in [3.05, 3.63) is 36.5 Å². The average molecular weight is 517 g/mol. The monoisotopic (exact) mass is 516 g/mol. The summed E-state index contributed by atoms with van der Waals surface area (Å²) in [6.45, 7) is 13.9. The Labute approximate surface area is 210 Å². The number of aliphatic carboxylic acids is 2. The maximum Gasteiger partial charge on any atom is 0.331 e. The lowest BCUT2D eigenvalue weighted by atomic mass is 10.4. The van der Waals surface area contributed by atoms with Crippen LogP contribution < -0.4 is 0 Å². The molecule has 0 bridgehead atoms. The maximum absolute atomic E-state index is 10.9. The van der Waals surface area contributed by atoms with E-state index in [9.17, 15) is 28.8 Å². The average Bonchev–Trinajstić information content (AvgIpc) is 2.68. The van der Waals surface area contributed by atoms with Gasteiger partial charge in [0.2, 0.25) is 0 Å². The molecule has 12 nitrogen and oxygen atoms in total. The van der Waals surface area contributed by atoms with E-state index in [4.69, 9.17) is 29.2 Å². The van der Waals surface area contributed by atoms with Crippen LogP contribution in [0, 0.1) is 0 Å². The first-order valence-corrected chi connectivity index (χ1v) is 10.8. The predicted molar refractivity (Wildman–Crippen MR) is 128 cm³/mol. The Morgan fingerprint density at radius 3 is 0.694 bits per heavy atom. The van der Waals surface area contributed by atoms with E-state index in [1.165, 1.54) is 0 Å². The summed E-state index contributed by atoms with van der Waals surface area (Å²) in [6, 6.07) is 0. The third-order valence-corrected chi connectivity index (χ3v) is 2.49. The second-order valence-corrected chi connectivity index (χ2v) is 7.62. The van der Waals surface area contributed by atoms with Gasteiger partial charge in [-0.05, 0) is 55.4 Å². The van der Waals surface area contributed by atoms with Crippen molar-refractivity contribution in [2.24, 2.45) is 0 Å². The summed E-state index contributed by atoms with van der Waals surface area (Å²) < 4.78 is 19.1. The molecule has 0 aliphatic carbocycles. The molecule has 0 aromatic rings. The summed E-state index contributed by atoms with van der Waals surface area (Å²) in [7, 11) is 0. The lowest BCUT2D eigenvalue weighted by Crippen LogP contribution is -2.11. The van der Waals surface area contributed by atoms with Gasteiger partial charge in [0.1, 0.15) is 0 Å². The van der Waals surface area contributed by atoms with Gasteiger partial charge in [-0.15, -0.1) is 0 Å². The van der Waals surface area contributed by atoms with Crippen molar-refractivity contribution >= 4 is 35.8 Å². The van der Waals surface area contributed by atoms with Gasteiger partial charge in [-0.25, -0.2) is 28.8 Å². The van der Waals surface area contributed by atoms with Crippen LogP contribution in [0.4, 0.5) is 0 Å². The first kappa shape index (κ1) is 36.6. The molecule has 0 rings (SSSR count). The predicted octanol–water partition coefficient (Wildman–Crippen LogP) is 2.60. The Balaban J connectivity index is -0.000000472. The molecule has 0 aliphatic rings. The van der Waals surface area contributed by atoms with Crippen LogP contribution >= 0.6 is 0 Å². The van der Waals surface area contributed by atoms with Crippen molar-refractivity contribution in [2.75, 3.05) is 0 Å². The number of ether oxygens (including phenoxy) is 4. The number of esters is 4. The molecule has 0 aromatic heterocycles. The number of carbonyl (C=O) groups is 6. The van der Waals surface area contributed by atoms with Crippen LogP contribution in [-0.4, -0.2) is 70.4 Å². The van der Waals surface area contributed by atoms with Crippen LogP contribution in [-0.2, 0) is 47.7 Å². The third kappa shape index (κ3) is 34.6. The van der Waals surface area contributed by atoms with E-state index in [0.29, 0.717) is 12.2 Å². The number of carbonyl (C=O) groups excluding carboxylic acids is 4. The summed E-state index contributed by atoms with van der Waals surface area (Å²) in [5.74, 6) is -4.68. The fourth-order valence-electron chi connectivity index (χ4n) is 1.50. The van der Waals surface area contributed by atoms with E-state index < -0.39 is 35.8 Å². The fourth-order valence-corrected chi connectivity index (χ4v) is 1.50. The zero-order valence-electron chi connectivity index (χ0n) is 21.8. The molecular formula is C24H36O12. The van der Waals surface area contributed by atoms with Crippen LogP contribution in [0.5, 0.6) is 0 Å². The molecule has 0 radical (unpaired) electrons. The Hall–Kier alpha value is -3.96. The molecule has 0 unspecified atom stereocenters. The highest BCUT2D eigenvalue weighted by atomic mass is 16.6. The minimum Gasteiger partial charge on any atom is -0.478 e. The Bertz CT molecular complexity index is 688. The van der Waals surface area contributed by atoms with Gasteiger partial charge in [0.05, 0.1) is 24.4 Å². The maximum atomic E-state index is 10.9. The first-order chi connectivity index (χ1) is 16.5. The van der Waals surface area contributed by atoms with Gasteiger partial charge in [0, 0.05) is 36.5 Å². The smallest absolute Gasteiger partial charge is 0.331 e. The molecule has 2 N–H and O–H groups in total. The Morgan fingerprint density at radius 2 is 0.583 bits per heavy atom. The van der Waals surface area contributed by atoms with Crippen molar-refractivity contribution in [3.63, 3.8) is 0 Å². The molecule has 0 heterocycles. The van der Waals surface area contributed by atoms with Gasteiger partial charge in [-0.1, -0.05) is 0 Å². The van der Waals surface area contributed by atoms with Crippen LogP contribution in [0.2, 0.25) is 0 Å². The normalized spacial score (nSPS) is 10.7. The largest absolute Gasteiger partial charge is 0.478 e. The highest BCUT2D eigenvalue weighted by molar-refractivity contribution is 5.92. The van der Waals surface area contributed by atoms with Crippen molar-refractivity contribution in [3.8, 4) is 0 Å². The molecule has 0 aliphatic heterocycles. The topological polar surface area (TPSA) is 180 Å². The lowest BCUT2D eigenvalue weighted by molar-refractivity contribution is -0.144. The van der Waals surface area contributed by atoms with Crippen molar-refractivity contribution in [1.82, 2.24) is 0 Å². The van der Waals surface area contributed by atoms with E-state index in [1.54, 1.807) is 55.4 Å². The van der Waals surface area contributed by atoms with E-state index in [0.717, 1.165) is 24.3 Å². The highest BCUT2D eigenvalue weighted by Crippen LogP contribution is 1.94. The van der Waals surface area contributed by atoms with Crippen LogP contribution in [0.15, 0.2) is 36.5 Å². The minimum atomic E-state index is -1.26. The van der Waals surface area contributed by atoms with Gasteiger partial charge < -0.3 is 29.2 Å². The molecule has 36 heavy (non-hydrogen) atoms. The van der Waals surface area contributed by atoms with E-state index in [2.05, 4.69) is 0 Å². The van der Waals surface area contributed by atoms with Crippen LogP contribution in [0.25, 0.3) is 0 Å². The van der Waals surface area contributed by atoms with Crippen LogP contribution in [0.1, 0.15) is 55.4 Å². The van der Waals surface area contributed by atoms with Gasteiger partial charge >= 0.3 is 35.8 Å². The molecule has 0 spiro atoms. The standard InChI is InChI=1S/2C10H16O4.C4H4O4/c2*1-7(2)13-9(11)5-6-10(12)14-8(3)4;5-3(6)1-2-4(7)8/h2*5-8H,1-4H3;1-2H,(H,5,6)(H,7,8)/b2*6-5+;2-1-. The molecule has 0 amide bonds. The van der Waals surface area contributed by atoms with E-state index >= 15 is 0 Å². The molecule has 204 valence electrons. The summed E-state index contributed by atoms with van der Waals surface area (Å²) >= 11 is 0. The Kier molecular flexibility index (Phi) is 21.9. The van der Waals surface area contributed by atoms with Gasteiger partial charge in [0.15, 0.2) is 0 Å². The molecule has 0 saturated heterocycles. The summed E-state index contributed by atoms with van der Waals surface area (Å²) in [6.07, 6.45) is 4.61. The molecular weight excluding hydrogens is 480 g/mol. The third-order valence-electron chi connectivity index (χ3n) is 2.49. The van der Waals surface area contributed by atoms with E-state index in [-0.39, 0.29) is 24.4 Å². The second kappa shape index (κ2) is 21.6. The molecule has 0 saturated carbocycles. The lowest BCUT2D eigenvalue weighted by Gasteiger charge is -2.05. The summed E-state index contributed by atoms with van der Waals surface area (Å²) in [5.41, 5.74) is 0. The number of hydrogen-bond acceptors (Lipinski definition) is 10. The van der Waals surface area contributed by atoms with Gasteiger partial charge in [0.25, 0.3) is 0 Å². The zero-order valence-corrected chi connectivity index (χ0v) is 21.8. The SMILES string of the molecule is CC(C)OC(=O)/C=C/C(=O)OC(C)C.CC(C)OC(=O)/C=C/C(=O)OC(C)C.O=C(O)/C=C\C(=O)O. The zero-order chi connectivity index (χ0) is 28.8. The van der Waals surface area contributed by atoms with Crippen molar-refractivity contribution in [1.29, 1.82) is 0 Å². The van der Waals surface area contributed by atoms with Crippen LogP contribution in [0.3, 0.4) is 0 Å². The van der Waals surface area contributed by atoms with Crippen molar-refractivity contribution in [2.45, 2.75) is 79.8 Å². The second-order valence-electron chi connectivity index (χ2n) is 7.62. The van der Waals surface area contributed by atoms with Crippen molar-refractivity contribution < 1.29 is 57.9 Å². The number of rotatable bonds is 10. The van der Waals surface area contributed by atoms with E-state index in [1.807, 2.05) is 0 Å². The van der Waals surface area contributed by atoms with Gasteiger partial charge in [-0.3, -0.25) is 0 Å². The quantitative estimate of drug-likeness (QED) is 0.246.